The lowest BCUT2D eigenvalue weighted by Crippen LogP contribution is -2.48. The molecule has 7 nitrogen and oxygen atoms in total. The van der Waals surface area contributed by atoms with Gasteiger partial charge >= 0.3 is 0 Å². The molecule has 1 aromatic carbocycles. The summed E-state index contributed by atoms with van der Waals surface area (Å²) in [5.41, 5.74) is 3.72. The van der Waals surface area contributed by atoms with Gasteiger partial charge in [-0.25, -0.2) is 0 Å². The summed E-state index contributed by atoms with van der Waals surface area (Å²) in [7, 11) is 0. The van der Waals surface area contributed by atoms with Crippen molar-refractivity contribution in [1.82, 2.24) is 30.1 Å². The Kier molecular flexibility index (Phi) is 9.93. The third kappa shape index (κ3) is 7.14. The van der Waals surface area contributed by atoms with Gasteiger partial charge in [-0.1, -0.05) is 30.3 Å². The van der Waals surface area contributed by atoms with Gasteiger partial charge in [-0.3, -0.25) is 14.3 Å². The minimum Gasteiger partial charge on any atom is -0.357 e. The molecule has 2 aromatic heterocycles. The fraction of sp³-hybridized carbons (Fsp3) is 0.480. The van der Waals surface area contributed by atoms with Crippen LogP contribution in [0.1, 0.15) is 43.1 Å². The van der Waals surface area contributed by atoms with Crippen LogP contribution >= 0.6 is 24.0 Å². The van der Waals surface area contributed by atoms with Crippen LogP contribution in [-0.4, -0.2) is 57.7 Å². The highest BCUT2D eigenvalue weighted by atomic mass is 127. The van der Waals surface area contributed by atoms with Gasteiger partial charge in [0, 0.05) is 51.4 Å². The van der Waals surface area contributed by atoms with E-state index in [-0.39, 0.29) is 24.0 Å². The number of hydrogen-bond acceptors (Lipinski definition) is 4. The highest BCUT2D eigenvalue weighted by Crippen LogP contribution is 2.16. The number of fused-ring (bicyclic) bond motifs is 1. The number of aliphatic imine (C=N–C) groups is 1. The quantitative estimate of drug-likeness (QED) is 0.190. The van der Waals surface area contributed by atoms with E-state index in [1.54, 1.807) is 0 Å². The lowest BCUT2D eigenvalue weighted by atomic mass is 10.0. The zero-order valence-corrected chi connectivity index (χ0v) is 22.0. The Hall–Kier alpha value is -2.20. The maximum atomic E-state index is 4.81. The second-order valence-corrected chi connectivity index (χ2v) is 8.53. The second kappa shape index (κ2) is 12.9. The Balaban J connectivity index is 0.00000306. The average Bonchev–Trinajstić information content (AvgIpc) is 3.23. The zero-order chi connectivity index (χ0) is 22.2. The van der Waals surface area contributed by atoms with Crippen molar-refractivity contribution in [3.05, 3.63) is 65.6 Å². The van der Waals surface area contributed by atoms with Crippen LogP contribution in [0.15, 0.2) is 53.7 Å². The van der Waals surface area contributed by atoms with E-state index in [1.807, 2.05) is 24.4 Å². The van der Waals surface area contributed by atoms with E-state index in [2.05, 4.69) is 68.2 Å². The summed E-state index contributed by atoms with van der Waals surface area (Å²) in [4.78, 5) is 7.37. The summed E-state index contributed by atoms with van der Waals surface area (Å²) in [6, 6.07) is 15.2. The first-order valence-corrected chi connectivity index (χ1v) is 11.8. The number of aromatic nitrogens is 3. The van der Waals surface area contributed by atoms with E-state index in [4.69, 9.17) is 4.99 Å². The van der Waals surface area contributed by atoms with Crippen molar-refractivity contribution in [2.75, 3.05) is 26.2 Å². The van der Waals surface area contributed by atoms with Gasteiger partial charge in [0.2, 0.25) is 0 Å². The van der Waals surface area contributed by atoms with Crippen molar-refractivity contribution in [2.45, 2.75) is 52.1 Å². The second-order valence-electron chi connectivity index (χ2n) is 8.53. The largest absolute Gasteiger partial charge is 0.357 e. The Morgan fingerprint density at radius 3 is 2.67 bits per heavy atom. The Labute approximate surface area is 214 Å². The predicted molar refractivity (Wildman–Crippen MR) is 145 cm³/mol. The van der Waals surface area contributed by atoms with E-state index in [9.17, 15) is 0 Å². The normalized spacial score (nSPS) is 15.4. The third-order valence-electron chi connectivity index (χ3n) is 6.14. The Bertz CT molecular complexity index is 1020. The fourth-order valence-corrected chi connectivity index (χ4v) is 4.27. The molecule has 33 heavy (non-hydrogen) atoms. The molecule has 0 unspecified atom stereocenters. The molecular formula is C25H36IN7. The summed E-state index contributed by atoms with van der Waals surface area (Å²) >= 11 is 0. The number of likely N-dealkylation sites (tertiary alicyclic amines) is 1. The van der Waals surface area contributed by atoms with Crippen LogP contribution in [0.4, 0.5) is 0 Å². The zero-order valence-electron chi connectivity index (χ0n) is 19.7. The van der Waals surface area contributed by atoms with Crippen LogP contribution in [-0.2, 0) is 13.0 Å². The lowest BCUT2D eigenvalue weighted by molar-refractivity contribution is 0.198. The Morgan fingerprint density at radius 2 is 1.88 bits per heavy atom. The number of piperidine rings is 1. The monoisotopic (exact) mass is 561 g/mol. The van der Waals surface area contributed by atoms with Crippen molar-refractivity contribution < 1.29 is 0 Å². The summed E-state index contributed by atoms with van der Waals surface area (Å²) in [6.45, 7) is 9.23. The molecule has 3 aromatic rings. The number of nitrogens with one attached hydrogen (secondary N) is 2. The molecule has 0 spiro atoms. The molecule has 4 rings (SSSR count). The molecule has 0 aliphatic carbocycles. The highest BCUT2D eigenvalue weighted by molar-refractivity contribution is 14.0. The number of nitrogens with zero attached hydrogens (tertiary/aromatic N) is 5. The lowest BCUT2D eigenvalue weighted by Gasteiger charge is -2.33. The topological polar surface area (TPSA) is 69.8 Å². The summed E-state index contributed by atoms with van der Waals surface area (Å²) in [5.74, 6) is 1.92. The maximum Gasteiger partial charge on any atom is 0.191 e. The molecule has 1 fully saturated rings. The van der Waals surface area contributed by atoms with E-state index in [0.29, 0.717) is 6.04 Å². The van der Waals surface area contributed by atoms with E-state index >= 15 is 0 Å². The fourth-order valence-electron chi connectivity index (χ4n) is 4.27. The minimum atomic E-state index is 0. The van der Waals surface area contributed by atoms with Crippen molar-refractivity contribution in [2.24, 2.45) is 4.99 Å². The predicted octanol–water partition coefficient (Wildman–Crippen LogP) is 3.81. The van der Waals surface area contributed by atoms with Crippen molar-refractivity contribution in [1.29, 1.82) is 0 Å². The molecular weight excluding hydrogens is 525 g/mol. The van der Waals surface area contributed by atoms with Gasteiger partial charge in [0.1, 0.15) is 5.82 Å². The molecule has 2 N–H and O–H groups in total. The van der Waals surface area contributed by atoms with E-state index in [0.717, 1.165) is 75.8 Å². The van der Waals surface area contributed by atoms with E-state index in [1.165, 1.54) is 11.1 Å². The standard InChI is InChI=1S/C25H35N7.HI/c1-3-26-25(27-15-8-12-24-30-29-23-11-6-7-16-32(23)24)28-22-13-17-31(18-14-22)19-21-10-5-4-9-20(21)2;/h4-7,9-11,16,22H,3,8,12-15,17-19H2,1-2H3,(H2,26,27,28);1H. The number of guanidine groups is 1. The molecule has 8 heteroatoms. The van der Waals surface area contributed by atoms with Gasteiger partial charge < -0.3 is 10.6 Å². The van der Waals surface area contributed by atoms with Crippen LogP contribution in [0.2, 0.25) is 0 Å². The van der Waals surface area contributed by atoms with Crippen LogP contribution in [0.25, 0.3) is 5.65 Å². The molecule has 0 radical (unpaired) electrons. The van der Waals surface area contributed by atoms with Crippen molar-refractivity contribution in [3.8, 4) is 0 Å². The van der Waals surface area contributed by atoms with Crippen LogP contribution in [0.5, 0.6) is 0 Å². The first-order chi connectivity index (χ1) is 15.7. The molecule has 0 amide bonds. The van der Waals surface area contributed by atoms with E-state index < -0.39 is 0 Å². The smallest absolute Gasteiger partial charge is 0.191 e. The molecule has 0 bridgehead atoms. The van der Waals surface area contributed by atoms with Crippen molar-refractivity contribution >= 4 is 35.6 Å². The van der Waals surface area contributed by atoms with Crippen molar-refractivity contribution in [3.63, 3.8) is 0 Å². The SMILES string of the molecule is CCNC(=NCCCc1nnc2ccccn12)NC1CCN(Cc2ccccc2C)CC1.I. The molecule has 1 saturated heterocycles. The molecule has 3 heterocycles. The number of hydrogen-bond donors (Lipinski definition) is 2. The molecule has 0 atom stereocenters. The number of benzene rings is 1. The van der Waals surface area contributed by atoms with Gasteiger partial charge in [-0.15, -0.1) is 34.2 Å². The first-order valence-electron chi connectivity index (χ1n) is 11.8. The maximum absolute atomic E-state index is 4.81. The van der Waals surface area contributed by atoms with Gasteiger partial charge in [-0.05, 0) is 56.4 Å². The molecule has 178 valence electrons. The highest BCUT2D eigenvalue weighted by Gasteiger charge is 2.20. The van der Waals surface area contributed by atoms with Gasteiger partial charge in [0.05, 0.1) is 0 Å². The summed E-state index contributed by atoms with van der Waals surface area (Å²) in [6.07, 6.45) is 6.11. The molecule has 1 aliphatic heterocycles. The molecule has 1 aliphatic rings. The number of halogens is 1. The average molecular weight is 562 g/mol. The summed E-state index contributed by atoms with van der Waals surface area (Å²) < 4.78 is 2.05. The number of pyridine rings is 1. The number of aryl methyl sites for hydroxylation is 2. The number of rotatable bonds is 8. The Morgan fingerprint density at radius 1 is 1.09 bits per heavy atom. The van der Waals surface area contributed by atoms with Crippen LogP contribution < -0.4 is 10.6 Å². The first kappa shape index (κ1) is 25.4. The molecule has 0 saturated carbocycles. The van der Waals surface area contributed by atoms with Gasteiger partial charge in [0.15, 0.2) is 11.6 Å². The minimum absolute atomic E-state index is 0. The van der Waals surface area contributed by atoms with Crippen LogP contribution in [0, 0.1) is 6.92 Å². The van der Waals surface area contributed by atoms with Gasteiger partial charge in [-0.2, -0.15) is 0 Å². The van der Waals surface area contributed by atoms with Gasteiger partial charge in [0.25, 0.3) is 0 Å². The summed E-state index contributed by atoms with van der Waals surface area (Å²) in [5, 5.41) is 15.6. The third-order valence-corrected chi connectivity index (χ3v) is 6.14. The van der Waals surface area contributed by atoms with Crippen LogP contribution in [0.3, 0.4) is 0 Å².